The Morgan fingerprint density at radius 1 is 0.952 bits per heavy atom. The van der Waals surface area contributed by atoms with Crippen molar-refractivity contribution >= 4 is 35.4 Å². The Balaban J connectivity index is 1.78. The Bertz CT molecular complexity index is 1020. The maximum absolute atomic E-state index is 14.1. The fourth-order valence-electron chi connectivity index (χ4n) is 6.46. The van der Waals surface area contributed by atoms with Crippen molar-refractivity contribution in [2.45, 2.75) is 118 Å². The summed E-state index contributed by atoms with van der Waals surface area (Å²) in [6.45, 7) is 18.2. The Labute approximate surface area is 258 Å². The van der Waals surface area contributed by atoms with Crippen molar-refractivity contribution in [2.75, 3.05) is 38.3 Å². The van der Waals surface area contributed by atoms with Crippen LogP contribution in [0.4, 0.5) is 0 Å². The second-order valence-corrected chi connectivity index (χ2v) is 15.1. The lowest BCUT2D eigenvalue weighted by Crippen LogP contribution is -2.60. The Kier molecular flexibility index (Phi) is 12.0. The van der Waals surface area contributed by atoms with E-state index in [2.05, 4.69) is 24.1 Å². The fourth-order valence-corrected chi connectivity index (χ4v) is 7.42. The van der Waals surface area contributed by atoms with Gasteiger partial charge in [-0.25, -0.2) is 0 Å². The summed E-state index contributed by atoms with van der Waals surface area (Å²) in [6, 6.07) is -1.46. The summed E-state index contributed by atoms with van der Waals surface area (Å²) >= 11 is 1.74. The van der Waals surface area contributed by atoms with E-state index in [1.165, 1.54) is 0 Å². The third-order valence-electron chi connectivity index (χ3n) is 9.01. The van der Waals surface area contributed by atoms with E-state index in [1.807, 2.05) is 45.6 Å². The molecule has 238 valence electrons. The van der Waals surface area contributed by atoms with E-state index in [0.717, 1.165) is 44.5 Å². The molecule has 0 unspecified atom stereocenters. The number of hydrogen-bond donors (Lipinski definition) is 1. The molecule has 4 atom stereocenters. The Hall–Kier alpha value is -2.07. The quantitative estimate of drug-likeness (QED) is 0.403. The Morgan fingerprint density at radius 3 is 2.19 bits per heavy atom. The van der Waals surface area contributed by atoms with E-state index < -0.39 is 17.5 Å². The van der Waals surface area contributed by atoms with Gasteiger partial charge in [0.25, 0.3) is 0 Å². The van der Waals surface area contributed by atoms with Crippen molar-refractivity contribution in [3.05, 3.63) is 11.6 Å². The highest BCUT2D eigenvalue weighted by Gasteiger charge is 2.41. The maximum atomic E-state index is 14.1. The molecule has 3 aliphatic rings. The van der Waals surface area contributed by atoms with Gasteiger partial charge < -0.3 is 20.0 Å². The van der Waals surface area contributed by atoms with Crippen LogP contribution in [-0.2, 0) is 19.2 Å². The number of carbonyl (C=O) groups is 4. The van der Waals surface area contributed by atoms with Gasteiger partial charge in [0.15, 0.2) is 0 Å². The zero-order valence-electron chi connectivity index (χ0n) is 27.4. The van der Waals surface area contributed by atoms with Crippen LogP contribution in [0.2, 0.25) is 0 Å². The molecule has 0 bridgehead atoms. The molecule has 42 heavy (non-hydrogen) atoms. The average Bonchev–Trinajstić information content (AvgIpc) is 3.65. The van der Waals surface area contributed by atoms with E-state index >= 15 is 0 Å². The first-order chi connectivity index (χ1) is 19.6. The van der Waals surface area contributed by atoms with E-state index in [0.29, 0.717) is 24.4 Å². The number of thioether (sulfide) groups is 1. The average molecular weight is 606 g/mol. The molecule has 3 rings (SSSR count). The number of piperidine rings is 1. The van der Waals surface area contributed by atoms with E-state index in [4.69, 9.17) is 0 Å². The highest BCUT2D eigenvalue weighted by molar-refractivity contribution is 7.99. The predicted octanol–water partition coefficient (Wildman–Crippen LogP) is 3.73. The number of nitrogens with one attached hydrogen (secondary N) is 1. The lowest BCUT2D eigenvalue weighted by Gasteiger charge is -2.41. The summed E-state index contributed by atoms with van der Waals surface area (Å²) in [5, 5.41) is 3.14. The molecule has 1 N–H and O–H groups in total. The van der Waals surface area contributed by atoms with Crippen LogP contribution in [0.25, 0.3) is 0 Å². The molecule has 0 aromatic rings. The molecule has 9 nitrogen and oxygen atoms in total. The van der Waals surface area contributed by atoms with Crippen molar-refractivity contribution in [2.24, 2.45) is 11.3 Å². The summed E-state index contributed by atoms with van der Waals surface area (Å²) in [6.07, 6.45) is 6.25. The molecule has 3 aliphatic heterocycles. The first kappa shape index (κ1) is 34.4. The summed E-state index contributed by atoms with van der Waals surface area (Å²) < 4.78 is 0. The van der Waals surface area contributed by atoms with Crippen LogP contribution >= 0.6 is 11.8 Å². The van der Waals surface area contributed by atoms with Crippen LogP contribution in [0, 0.1) is 11.3 Å². The number of carbonyl (C=O) groups excluding carboxylic acids is 4. The van der Waals surface area contributed by atoms with Crippen molar-refractivity contribution in [1.82, 2.24) is 24.9 Å². The van der Waals surface area contributed by atoms with Crippen LogP contribution < -0.4 is 5.32 Å². The summed E-state index contributed by atoms with van der Waals surface area (Å²) in [5.41, 5.74) is 0.0285. The molecular weight excluding hydrogens is 550 g/mol. The number of nitrogens with zero attached hydrogens (tertiary/aromatic N) is 4. The molecule has 3 fully saturated rings. The van der Waals surface area contributed by atoms with Gasteiger partial charge in [-0.15, -0.1) is 11.8 Å². The first-order valence-corrected chi connectivity index (χ1v) is 17.0. The smallest absolute Gasteiger partial charge is 0.249 e. The molecule has 0 spiro atoms. The molecule has 10 heteroatoms. The standard InChI is InChI=1S/C32H55N5O4S/c1-21(2)26(19-23(5)29(39)37-16-12-14-25(37)30(40)35-17-18-42-20-35)34(9)31(41)27(32(6,7)8)33-28(38)24-13-10-11-15-36(24)22(3)4/h19,21-22,24-27H,10-18,20H2,1-9H3,(H,33,38)/b23-19+/t24-,25+,26-,27-/m1/s1. The van der Waals surface area contributed by atoms with Gasteiger partial charge in [-0.05, 0) is 64.3 Å². The largest absolute Gasteiger partial charge is 0.342 e. The SMILES string of the molecule is C/C(=C\[C@H](C(C)C)N(C)C(=O)[C@@H](NC(=O)[C@H]1CCCCN1C(C)C)C(C)(C)C)C(=O)N1CCC[C@H]1C(=O)N1CCSC1. The molecule has 0 aromatic heterocycles. The fraction of sp³-hybridized carbons (Fsp3) is 0.812. The van der Waals surface area contributed by atoms with Crippen LogP contribution in [0.15, 0.2) is 11.6 Å². The molecule has 0 aromatic carbocycles. The van der Waals surface area contributed by atoms with Crippen LogP contribution in [0.3, 0.4) is 0 Å². The summed E-state index contributed by atoms with van der Waals surface area (Å²) in [7, 11) is 1.76. The van der Waals surface area contributed by atoms with Crippen LogP contribution in [0.1, 0.15) is 87.5 Å². The lowest BCUT2D eigenvalue weighted by molar-refractivity contribution is -0.142. The molecule has 3 saturated heterocycles. The van der Waals surface area contributed by atoms with Crippen molar-refractivity contribution in [3.8, 4) is 0 Å². The third-order valence-corrected chi connectivity index (χ3v) is 9.97. The van der Waals surface area contributed by atoms with Crippen molar-refractivity contribution < 1.29 is 19.2 Å². The second kappa shape index (κ2) is 14.6. The van der Waals surface area contributed by atoms with Crippen molar-refractivity contribution in [1.29, 1.82) is 0 Å². The topological polar surface area (TPSA) is 93.3 Å². The highest BCUT2D eigenvalue weighted by Crippen LogP contribution is 2.28. The molecule has 3 heterocycles. The van der Waals surface area contributed by atoms with E-state index in [1.54, 1.807) is 35.5 Å². The predicted molar refractivity (Wildman–Crippen MR) is 170 cm³/mol. The van der Waals surface area contributed by atoms with Gasteiger partial charge in [0.05, 0.1) is 18.0 Å². The van der Waals surface area contributed by atoms with Gasteiger partial charge in [0.2, 0.25) is 23.6 Å². The van der Waals surface area contributed by atoms with Gasteiger partial charge in [-0.3, -0.25) is 24.1 Å². The van der Waals surface area contributed by atoms with Gasteiger partial charge in [-0.1, -0.05) is 47.1 Å². The molecule has 0 aliphatic carbocycles. The first-order valence-electron chi connectivity index (χ1n) is 15.8. The summed E-state index contributed by atoms with van der Waals surface area (Å²) in [5.74, 6) is 1.31. The minimum absolute atomic E-state index is 0.0328. The van der Waals surface area contributed by atoms with Gasteiger partial charge in [0.1, 0.15) is 12.1 Å². The normalized spacial score (nSPS) is 23.8. The number of likely N-dealkylation sites (tertiary alicyclic amines) is 2. The van der Waals surface area contributed by atoms with Crippen molar-refractivity contribution in [3.63, 3.8) is 0 Å². The molecular formula is C32H55N5O4S. The number of amides is 4. The Morgan fingerprint density at radius 2 is 1.62 bits per heavy atom. The lowest BCUT2D eigenvalue weighted by atomic mass is 9.84. The zero-order chi connectivity index (χ0) is 31.4. The monoisotopic (exact) mass is 605 g/mol. The number of likely N-dealkylation sites (N-methyl/N-ethyl adjacent to an activating group) is 1. The van der Waals surface area contributed by atoms with Gasteiger partial charge >= 0.3 is 0 Å². The molecule has 0 radical (unpaired) electrons. The van der Waals surface area contributed by atoms with Gasteiger partial charge in [0, 0.05) is 37.5 Å². The summed E-state index contributed by atoms with van der Waals surface area (Å²) in [4.78, 5) is 62.0. The highest BCUT2D eigenvalue weighted by atomic mass is 32.2. The van der Waals surface area contributed by atoms with Crippen LogP contribution in [0.5, 0.6) is 0 Å². The van der Waals surface area contributed by atoms with E-state index in [-0.39, 0.29) is 47.7 Å². The minimum atomic E-state index is -0.712. The second-order valence-electron chi connectivity index (χ2n) is 14.0. The number of hydrogen-bond acceptors (Lipinski definition) is 6. The zero-order valence-corrected chi connectivity index (χ0v) is 28.3. The van der Waals surface area contributed by atoms with E-state index in [9.17, 15) is 19.2 Å². The number of rotatable bonds is 9. The minimum Gasteiger partial charge on any atom is -0.342 e. The van der Waals surface area contributed by atoms with Gasteiger partial charge in [-0.2, -0.15) is 0 Å². The third kappa shape index (κ3) is 8.10. The molecule has 4 amide bonds. The molecule has 0 saturated carbocycles. The maximum Gasteiger partial charge on any atom is 0.249 e. The van der Waals surface area contributed by atoms with Crippen LogP contribution in [-0.4, -0.2) is 112 Å².